The van der Waals surface area contributed by atoms with Gasteiger partial charge in [-0.3, -0.25) is 4.79 Å². The fraction of sp³-hybridized carbons (Fsp3) is 0.0667. The third-order valence-corrected chi connectivity index (χ3v) is 5.09. The lowest BCUT2D eigenvalue weighted by Gasteiger charge is -2.02. The minimum absolute atomic E-state index is 0.101. The number of rotatable bonds is 4. The van der Waals surface area contributed by atoms with E-state index in [4.69, 9.17) is 23.1 Å². The Labute approximate surface area is 139 Å². The minimum atomic E-state index is -0.919. The van der Waals surface area contributed by atoms with Crippen LogP contribution in [0.1, 0.15) is 0 Å². The van der Waals surface area contributed by atoms with Crippen molar-refractivity contribution in [3.8, 4) is 22.9 Å². The van der Waals surface area contributed by atoms with E-state index in [0.29, 0.717) is 21.2 Å². The highest BCUT2D eigenvalue weighted by Crippen LogP contribution is 2.35. The van der Waals surface area contributed by atoms with Gasteiger partial charge in [0.05, 0.1) is 21.8 Å². The molecular formula is C15H9ClN2O2S2. The highest BCUT2D eigenvalue weighted by molar-refractivity contribution is 7.99. The molecule has 0 spiro atoms. The first kappa shape index (κ1) is 15.0. The predicted octanol–water partition coefficient (Wildman–Crippen LogP) is 4.03. The number of nitrogens with zero attached hydrogens (tertiary/aromatic N) is 2. The maximum Gasteiger partial charge on any atom is 0.313 e. The monoisotopic (exact) mass is 348 g/mol. The number of benzene rings is 1. The van der Waals surface area contributed by atoms with Gasteiger partial charge in [-0.1, -0.05) is 35.9 Å². The highest BCUT2D eigenvalue weighted by atomic mass is 35.5. The Hall–Kier alpha value is -1.94. The Morgan fingerprint density at radius 1 is 1.55 bits per heavy atom. The van der Waals surface area contributed by atoms with Crippen molar-refractivity contribution in [1.29, 1.82) is 0 Å². The van der Waals surface area contributed by atoms with E-state index in [-0.39, 0.29) is 5.75 Å². The van der Waals surface area contributed by atoms with Crippen molar-refractivity contribution in [1.82, 2.24) is 9.55 Å². The Balaban J connectivity index is 2.13. The highest BCUT2D eigenvalue weighted by Gasteiger charge is 2.15. The lowest BCUT2D eigenvalue weighted by Crippen LogP contribution is -2.00. The molecular weight excluding hydrogens is 340 g/mol. The van der Waals surface area contributed by atoms with Gasteiger partial charge in [0.1, 0.15) is 0 Å². The minimum Gasteiger partial charge on any atom is -0.481 e. The summed E-state index contributed by atoms with van der Waals surface area (Å²) < 4.78 is 1.52. The third kappa shape index (κ3) is 2.71. The number of halogens is 1. The molecule has 0 amide bonds. The van der Waals surface area contributed by atoms with Crippen molar-refractivity contribution < 1.29 is 9.90 Å². The number of carboxylic acids is 1. The van der Waals surface area contributed by atoms with Crippen LogP contribution >= 0.6 is 34.7 Å². The van der Waals surface area contributed by atoms with E-state index in [9.17, 15) is 4.79 Å². The number of imidazole rings is 1. The first-order valence-corrected chi connectivity index (χ1v) is 8.41. The SMILES string of the molecule is C#Cn1c(SCC(=O)O)nc2cc(-c3cccs3)c(Cl)cc21. The maximum atomic E-state index is 10.7. The molecule has 0 unspecified atom stereocenters. The second kappa shape index (κ2) is 6.05. The van der Waals surface area contributed by atoms with E-state index in [1.165, 1.54) is 4.57 Å². The van der Waals surface area contributed by atoms with Gasteiger partial charge in [-0.05, 0) is 23.6 Å². The first-order valence-electron chi connectivity index (χ1n) is 6.17. The summed E-state index contributed by atoms with van der Waals surface area (Å²) >= 11 is 9.03. The summed E-state index contributed by atoms with van der Waals surface area (Å²) in [6.07, 6.45) is 5.52. The summed E-state index contributed by atoms with van der Waals surface area (Å²) in [7, 11) is 0. The molecule has 0 saturated carbocycles. The third-order valence-electron chi connectivity index (χ3n) is 2.95. The van der Waals surface area contributed by atoms with Gasteiger partial charge in [0, 0.05) is 16.5 Å². The van der Waals surface area contributed by atoms with Crippen molar-refractivity contribution in [2.24, 2.45) is 0 Å². The lowest BCUT2D eigenvalue weighted by atomic mass is 10.1. The van der Waals surface area contributed by atoms with E-state index in [1.54, 1.807) is 17.4 Å². The number of thioether (sulfide) groups is 1. The first-order chi connectivity index (χ1) is 10.6. The van der Waals surface area contributed by atoms with Crippen LogP contribution in [0.2, 0.25) is 5.02 Å². The fourth-order valence-electron chi connectivity index (χ4n) is 2.04. The predicted molar refractivity (Wildman–Crippen MR) is 90.6 cm³/mol. The van der Waals surface area contributed by atoms with Crippen molar-refractivity contribution in [2.45, 2.75) is 5.16 Å². The van der Waals surface area contributed by atoms with Crippen LogP contribution < -0.4 is 0 Å². The summed E-state index contributed by atoms with van der Waals surface area (Å²) in [6.45, 7) is 0. The molecule has 0 aliphatic carbocycles. The van der Waals surface area contributed by atoms with Gasteiger partial charge in [-0.2, -0.15) is 0 Å². The van der Waals surface area contributed by atoms with Crippen LogP contribution in [0, 0.1) is 12.5 Å². The van der Waals surface area contributed by atoms with Gasteiger partial charge in [0.25, 0.3) is 0 Å². The topological polar surface area (TPSA) is 55.1 Å². The van der Waals surface area contributed by atoms with E-state index < -0.39 is 5.97 Å². The van der Waals surface area contributed by atoms with Crippen LogP contribution in [-0.4, -0.2) is 26.4 Å². The molecule has 1 aromatic carbocycles. The van der Waals surface area contributed by atoms with Crippen molar-refractivity contribution in [3.05, 3.63) is 34.7 Å². The Kier molecular flexibility index (Phi) is 4.12. The zero-order chi connectivity index (χ0) is 15.7. The Morgan fingerprint density at radius 3 is 3.00 bits per heavy atom. The standard InChI is InChI=1S/C15H9ClN2O2S2/c1-2-18-12-7-10(16)9(13-4-3-5-21-13)6-11(12)17-15(18)22-8-14(19)20/h1,3-7H,8H2,(H,19,20). The van der Waals surface area contributed by atoms with Gasteiger partial charge in [-0.25, -0.2) is 9.55 Å². The number of carboxylic acid groups (broad SMARTS) is 1. The number of thiophene rings is 1. The van der Waals surface area contributed by atoms with Gasteiger partial charge in [0.2, 0.25) is 0 Å². The normalized spacial score (nSPS) is 10.7. The molecule has 0 atom stereocenters. The number of hydrogen-bond donors (Lipinski definition) is 1. The molecule has 3 aromatic rings. The van der Waals surface area contributed by atoms with E-state index in [2.05, 4.69) is 11.0 Å². The van der Waals surface area contributed by atoms with Crippen LogP contribution in [0.5, 0.6) is 0 Å². The molecule has 2 aromatic heterocycles. The molecule has 0 saturated heterocycles. The summed E-state index contributed by atoms with van der Waals surface area (Å²) in [5.41, 5.74) is 2.28. The van der Waals surface area contributed by atoms with Crippen molar-refractivity contribution in [3.63, 3.8) is 0 Å². The number of hydrogen-bond acceptors (Lipinski definition) is 4. The molecule has 110 valence electrons. The van der Waals surface area contributed by atoms with Crippen molar-refractivity contribution >= 4 is 51.7 Å². The number of aromatic nitrogens is 2. The zero-order valence-corrected chi connectivity index (χ0v) is 13.5. The zero-order valence-electron chi connectivity index (χ0n) is 11.1. The number of aliphatic carboxylic acids is 1. The average Bonchev–Trinajstić information content (AvgIpc) is 3.10. The summed E-state index contributed by atoms with van der Waals surface area (Å²) in [6, 6.07) is 10.1. The quantitative estimate of drug-likeness (QED) is 0.571. The molecule has 22 heavy (non-hydrogen) atoms. The molecule has 1 N–H and O–H groups in total. The average molecular weight is 349 g/mol. The van der Waals surface area contributed by atoms with Crippen LogP contribution in [0.25, 0.3) is 21.5 Å². The number of fused-ring (bicyclic) bond motifs is 1. The summed E-state index contributed by atoms with van der Waals surface area (Å²) in [4.78, 5) is 16.2. The molecule has 4 nitrogen and oxygen atoms in total. The number of terminal acetylenes is 1. The summed E-state index contributed by atoms with van der Waals surface area (Å²) in [5, 5.41) is 11.8. The molecule has 0 fully saturated rings. The molecule has 2 heterocycles. The second-order valence-corrected chi connectivity index (χ2v) is 6.64. The maximum absolute atomic E-state index is 10.7. The molecule has 0 bridgehead atoms. The molecule has 7 heteroatoms. The largest absolute Gasteiger partial charge is 0.481 e. The molecule has 3 rings (SSSR count). The van der Waals surface area contributed by atoms with Crippen LogP contribution in [0.3, 0.4) is 0 Å². The van der Waals surface area contributed by atoms with E-state index in [1.807, 2.05) is 23.6 Å². The van der Waals surface area contributed by atoms with Gasteiger partial charge >= 0.3 is 5.97 Å². The Bertz CT molecular complexity index is 895. The molecule has 0 aliphatic rings. The van der Waals surface area contributed by atoms with E-state index >= 15 is 0 Å². The van der Waals surface area contributed by atoms with Gasteiger partial charge in [-0.15, -0.1) is 11.3 Å². The fourth-order valence-corrected chi connectivity index (χ4v) is 3.81. The summed E-state index contributed by atoms with van der Waals surface area (Å²) in [5.74, 6) is -1.02. The van der Waals surface area contributed by atoms with Crippen LogP contribution in [0.15, 0.2) is 34.8 Å². The van der Waals surface area contributed by atoms with Gasteiger partial charge in [0.15, 0.2) is 5.16 Å². The van der Waals surface area contributed by atoms with Crippen LogP contribution in [-0.2, 0) is 4.79 Å². The van der Waals surface area contributed by atoms with E-state index in [0.717, 1.165) is 22.2 Å². The Morgan fingerprint density at radius 2 is 2.36 bits per heavy atom. The van der Waals surface area contributed by atoms with Gasteiger partial charge < -0.3 is 5.11 Å². The number of carbonyl (C=O) groups is 1. The van der Waals surface area contributed by atoms with Crippen LogP contribution in [0.4, 0.5) is 0 Å². The lowest BCUT2D eigenvalue weighted by molar-refractivity contribution is -0.133. The second-order valence-electron chi connectivity index (χ2n) is 4.34. The van der Waals surface area contributed by atoms with Crippen molar-refractivity contribution in [2.75, 3.05) is 5.75 Å². The smallest absolute Gasteiger partial charge is 0.313 e. The molecule has 0 aliphatic heterocycles. The molecule has 0 radical (unpaired) electrons.